The van der Waals surface area contributed by atoms with E-state index >= 15 is 0 Å². The summed E-state index contributed by atoms with van der Waals surface area (Å²) in [5.74, 6) is 0.0157. The molecule has 1 atom stereocenters. The van der Waals surface area contributed by atoms with Gasteiger partial charge in [0.15, 0.2) is 0 Å². The number of fused-ring (bicyclic) bond motifs is 1. The van der Waals surface area contributed by atoms with E-state index in [9.17, 15) is 8.42 Å². The van der Waals surface area contributed by atoms with Crippen LogP contribution in [0.25, 0.3) is 0 Å². The van der Waals surface area contributed by atoms with Gasteiger partial charge in [-0.05, 0) is 30.5 Å². The monoisotopic (exact) mass is 330 g/mol. The van der Waals surface area contributed by atoms with Crippen molar-refractivity contribution in [1.29, 1.82) is 0 Å². The fourth-order valence-corrected chi connectivity index (χ4v) is 4.41. The third-order valence-corrected chi connectivity index (χ3v) is 5.63. The first-order valence-electron chi connectivity index (χ1n) is 7.80. The highest BCUT2D eigenvalue weighted by Crippen LogP contribution is 2.33. The Morgan fingerprint density at radius 1 is 1.13 bits per heavy atom. The maximum atomic E-state index is 12.5. The molecule has 1 N–H and O–H groups in total. The van der Waals surface area contributed by atoms with Crippen molar-refractivity contribution >= 4 is 15.7 Å². The maximum absolute atomic E-state index is 12.5. The van der Waals surface area contributed by atoms with E-state index in [1.54, 1.807) is 0 Å². The fourth-order valence-electron chi connectivity index (χ4n) is 3.01. The van der Waals surface area contributed by atoms with E-state index in [4.69, 9.17) is 0 Å². The smallest absolute Gasteiger partial charge is 0.216 e. The SMILES string of the molecule is Cc1ccc(CS(=O)(=O)NC2CCN(C)c3ccccc32)cc1. The highest BCUT2D eigenvalue weighted by Gasteiger charge is 2.26. The molecule has 0 aromatic heterocycles. The topological polar surface area (TPSA) is 49.4 Å². The molecule has 23 heavy (non-hydrogen) atoms. The van der Waals surface area contributed by atoms with Gasteiger partial charge in [-0.15, -0.1) is 0 Å². The summed E-state index contributed by atoms with van der Waals surface area (Å²) in [5.41, 5.74) is 4.09. The lowest BCUT2D eigenvalue weighted by atomic mass is 9.98. The average Bonchev–Trinajstić information content (AvgIpc) is 2.52. The standard InChI is InChI=1S/C18H22N2O2S/c1-14-7-9-15(10-8-14)13-23(21,22)19-17-11-12-20(2)18-6-4-3-5-16(17)18/h3-10,17,19H,11-13H2,1-2H3. The second kappa shape index (κ2) is 6.34. The van der Waals surface area contributed by atoms with Crippen LogP contribution in [0.15, 0.2) is 48.5 Å². The molecule has 0 aliphatic carbocycles. The van der Waals surface area contributed by atoms with Crippen molar-refractivity contribution in [1.82, 2.24) is 4.72 Å². The number of hydrogen-bond donors (Lipinski definition) is 1. The molecule has 0 bridgehead atoms. The van der Waals surface area contributed by atoms with Crippen molar-refractivity contribution in [2.75, 3.05) is 18.5 Å². The van der Waals surface area contributed by atoms with E-state index in [1.807, 2.05) is 62.5 Å². The first-order valence-corrected chi connectivity index (χ1v) is 9.45. The van der Waals surface area contributed by atoms with Crippen LogP contribution in [0.1, 0.15) is 29.2 Å². The van der Waals surface area contributed by atoms with Crippen LogP contribution in [0.4, 0.5) is 5.69 Å². The number of nitrogens with zero attached hydrogens (tertiary/aromatic N) is 1. The molecule has 2 aromatic carbocycles. The first-order chi connectivity index (χ1) is 10.9. The Morgan fingerprint density at radius 2 is 1.83 bits per heavy atom. The minimum Gasteiger partial charge on any atom is -0.374 e. The molecule has 5 heteroatoms. The number of aryl methyl sites for hydroxylation is 1. The van der Waals surface area contributed by atoms with Crippen molar-refractivity contribution < 1.29 is 8.42 Å². The van der Waals surface area contributed by atoms with Crippen molar-refractivity contribution in [3.05, 3.63) is 65.2 Å². The predicted octanol–water partition coefficient (Wildman–Crippen LogP) is 3.00. The van der Waals surface area contributed by atoms with Gasteiger partial charge in [-0.25, -0.2) is 13.1 Å². The predicted molar refractivity (Wildman–Crippen MR) is 94.0 cm³/mol. The summed E-state index contributed by atoms with van der Waals surface area (Å²) in [6.07, 6.45) is 0.778. The highest BCUT2D eigenvalue weighted by atomic mass is 32.2. The van der Waals surface area contributed by atoms with Gasteiger partial charge in [0, 0.05) is 19.3 Å². The molecule has 1 heterocycles. The zero-order chi connectivity index (χ0) is 16.4. The largest absolute Gasteiger partial charge is 0.374 e. The molecule has 4 nitrogen and oxygen atoms in total. The van der Waals surface area contributed by atoms with E-state index < -0.39 is 10.0 Å². The van der Waals surface area contributed by atoms with E-state index in [-0.39, 0.29) is 11.8 Å². The van der Waals surface area contributed by atoms with Gasteiger partial charge in [0.1, 0.15) is 0 Å². The van der Waals surface area contributed by atoms with Crippen molar-refractivity contribution in [2.45, 2.75) is 25.1 Å². The fraction of sp³-hybridized carbons (Fsp3) is 0.333. The lowest BCUT2D eigenvalue weighted by Gasteiger charge is -2.33. The Bertz CT molecular complexity index is 785. The summed E-state index contributed by atoms with van der Waals surface area (Å²) in [5, 5.41) is 0. The molecule has 0 saturated heterocycles. The van der Waals surface area contributed by atoms with Gasteiger partial charge in [0.05, 0.1) is 11.8 Å². The second-order valence-electron chi connectivity index (χ2n) is 6.18. The molecule has 0 amide bonds. The minimum atomic E-state index is -3.38. The number of benzene rings is 2. The molecule has 0 spiro atoms. The van der Waals surface area contributed by atoms with E-state index in [1.165, 1.54) is 0 Å². The first kappa shape index (κ1) is 16.0. The Morgan fingerprint density at radius 3 is 2.57 bits per heavy atom. The van der Waals surface area contributed by atoms with Crippen LogP contribution in [0.3, 0.4) is 0 Å². The highest BCUT2D eigenvalue weighted by molar-refractivity contribution is 7.88. The van der Waals surface area contributed by atoms with Crippen molar-refractivity contribution in [3.8, 4) is 0 Å². The number of sulfonamides is 1. The lowest BCUT2D eigenvalue weighted by Crippen LogP contribution is -2.36. The van der Waals surface area contributed by atoms with Gasteiger partial charge in [0.2, 0.25) is 10.0 Å². The normalized spacial score (nSPS) is 17.8. The molecular formula is C18H22N2O2S. The molecule has 122 valence electrons. The summed E-state index contributed by atoms with van der Waals surface area (Å²) in [4.78, 5) is 2.17. The maximum Gasteiger partial charge on any atom is 0.216 e. The molecule has 1 aliphatic heterocycles. The van der Waals surface area contributed by atoms with Crippen LogP contribution >= 0.6 is 0 Å². The molecule has 1 aliphatic rings. The van der Waals surface area contributed by atoms with Gasteiger partial charge in [0.25, 0.3) is 0 Å². The van der Waals surface area contributed by atoms with Crippen LogP contribution in [0, 0.1) is 6.92 Å². The number of anilines is 1. The second-order valence-corrected chi connectivity index (χ2v) is 7.94. The Hall–Kier alpha value is -1.85. The van der Waals surface area contributed by atoms with Crippen molar-refractivity contribution in [3.63, 3.8) is 0 Å². The molecule has 0 radical (unpaired) electrons. The van der Waals surface area contributed by atoms with E-state index in [2.05, 4.69) is 9.62 Å². The summed E-state index contributed by atoms with van der Waals surface area (Å²) in [7, 11) is -1.34. The third kappa shape index (κ3) is 3.74. The quantitative estimate of drug-likeness (QED) is 0.937. The summed E-state index contributed by atoms with van der Waals surface area (Å²) in [6.45, 7) is 2.83. The van der Waals surface area contributed by atoms with Crippen LogP contribution in [-0.2, 0) is 15.8 Å². The number of hydrogen-bond acceptors (Lipinski definition) is 3. The Balaban J connectivity index is 1.78. The lowest BCUT2D eigenvalue weighted by molar-refractivity contribution is 0.528. The zero-order valence-corrected chi connectivity index (χ0v) is 14.3. The number of rotatable bonds is 4. The van der Waals surface area contributed by atoms with E-state index in [0.29, 0.717) is 0 Å². The van der Waals surface area contributed by atoms with Crippen LogP contribution in [-0.4, -0.2) is 22.0 Å². The zero-order valence-electron chi connectivity index (χ0n) is 13.5. The molecule has 0 saturated carbocycles. The molecule has 2 aromatic rings. The Kier molecular flexibility index (Phi) is 4.41. The van der Waals surface area contributed by atoms with Crippen molar-refractivity contribution in [2.24, 2.45) is 0 Å². The summed E-state index contributed by atoms with van der Waals surface area (Å²) in [6, 6.07) is 15.5. The van der Waals surface area contributed by atoms with Crippen LogP contribution in [0.2, 0.25) is 0 Å². The molecule has 1 unspecified atom stereocenters. The van der Waals surface area contributed by atoms with Crippen LogP contribution in [0.5, 0.6) is 0 Å². The molecule has 3 rings (SSSR count). The average molecular weight is 330 g/mol. The van der Waals surface area contributed by atoms with Gasteiger partial charge in [-0.1, -0.05) is 48.0 Å². The van der Waals surface area contributed by atoms with Gasteiger partial charge in [-0.3, -0.25) is 0 Å². The number of nitrogens with one attached hydrogen (secondary N) is 1. The summed E-state index contributed by atoms with van der Waals surface area (Å²) < 4.78 is 27.9. The summed E-state index contributed by atoms with van der Waals surface area (Å²) >= 11 is 0. The van der Waals surface area contributed by atoms with Gasteiger partial charge in [-0.2, -0.15) is 0 Å². The van der Waals surface area contributed by atoms with Crippen LogP contribution < -0.4 is 9.62 Å². The minimum absolute atomic E-state index is 0.0157. The molecule has 0 fully saturated rings. The molecular weight excluding hydrogens is 308 g/mol. The van der Waals surface area contributed by atoms with Gasteiger partial charge >= 0.3 is 0 Å². The third-order valence-electron chi connectivity index (χ3n) is 4.28. The number of para-hydroxylation sites is 1. The van der Waals surface area contributed by atoms with E-state index in [0.717, 1.165) is 35.3 Å². The Labute approximate surface area is 138 Å². The van der Waals surface area contributed by atoms with Gasteiger partial charge < -0.3 is 4.90 Å².